The molecule has 148 valence electrons. The second-order valence-corrected chi connectivity index (χ2v) is 6.97. The van der Waals surface area contributed by atoms with Crippen LogP contribution in [0.25, 0.3) is 6.08 Å². The fourth-order valence-electron chi connectivity index (χ4n) is 2.51. The molecule has 0 saturated carbocycles. The standard InChI is InChI=1S/C23H15BrN2O4/c24-19-12-16(14-25)8-11-21(19)30-18-9-6-15(7-10-18)13-20(23(28)29)26-22(27)17-4-2-1-3-5-17/h1-13H,(H,26,27)(H,28,29). The van der Waals surface area contributed by atoms with Crippen LogP contribution in [0.2, 0.25) is 0 Å². The minimum absolute atomic E-state index is 0.243. The number of aliphatic carboxylic acids is 1. The molecule has 0 saturated heterocycles. The smallest absolute Gasteiger partial charge is 0.352 e. The Morgan fingerprint density at radius 1 is 1.03 bits per heavy atom. The first-order chi connectivity index (χ1) is 14.5. The molecule has 0 fully saturated rings. The van der Waals surface area contributed by atoms with Crippen LogP contribution in [-0.4, -0.2) is 17.0 Å². The summed E-state index contributed by atoms with van der Waals surface area (Å²) in [7, 11) is 0. The molecule has 3 aromatic carbocycles. The summed E-state index contributed by atoms with van der Waals surface area (Å²) in [5.74, 6) is -0.683. The Kier molecular flexibility index (Phi) is 6.63. The molecule has 0 unspecified atom stereocenters. The van der Waals surface area contributed by atoms with Gasteiger partial charge in [-0.15, -0.1) is 0 Å². The minimum Gasteiger partial charge on any atom is -0.477 e. The molecular weight excluding hydrogens is 448 g/mol. The van der Waals surface area contributed by atoms with Gasteiger partial charge in [0, 0.05) is 5.56 Å². The molecule has 0 heterocycles. The fourth-order valence-corrected chi connectivity index (χ4v) is 2.97. The lowest BCUT2D eigenvalue weighted by molar-refractivity contribution is -0.132. The van der Waals surface area contributed by atoms with E-state index in [1.807, 2.05) is 6.07 Å². The third-order valence-corrected chi connectivity index (χ3v) is 4.61. The number of nitrogens with one attached hydrogen (secondary N) is 1. The quantitative estimate of drug-likeness (QED) is 0.503. The number of halogens is 1. The maximum Gasteiger partial charge on any atom is 0.352 e. The Bertz CT molecular complexity index is 1150. The predicted molar refractivity (Wildman–Crippen MR) is 115 cm³/mol. The van der Waals surface area contributed by atoms with Gasteiger partial charge in [0.2, 0.25) is 0 Å². The van der Waals surface area contributed by atoms with Crippen LogP contribution in [0, 0.1) is 11.3 Å². The van der Waals surface area contributed by atoms with Gasteiger partial charge >= 0.3 is 5.97 Å². The van der Waals surface area contributed by atoms with Crippen LogP contribution in [-0.2, 0) is 4.79 Å². The first kappa shape index (κ1) is 20.8. The van der Waals surface area contributed by atoms with Crippen molar-refractivity contribution in [2.75, 3.05) is 0 Å². The van der Waals surface area contributed by atoms with Gasteiger partial charge in [0.15, 0.2) is 0 Å². The van der Waals surface area contributed by atoms with Gasteiger partial charge in [0.1, 0.15) is 17.2 Å². The highest BCUT2D eigenvalue weighted by molar-refractivity contribution is 9.10. The second-order valence-electron chi connectivity index (χ2n) is 6.11. The zero-order valence-electron chi connectivity index (χ0n) is 15.5. The molecule has 7 heteroatoms. The Morgan fingerprint density at radius 2 is 1.73 bits per heavy atom. The van der Waals surface area contributed by atoms with Crippen molar-refractivity contribution in [3.05, 3.63) is 99.7 Å². The first-order valence-corrected chi connectivity index (χ1v) is 9.54. The largest absolute Gasteiger partial charge is 0.477 e. The first-order valence-electron chi connectivity index (χ1n) is 8.75. The number of nitrogens with zero attached hydrogens (tertiary/aromatic N) is 1. The van der Waals surface area contributed by atoms with E-state index in [0.29, 0.717) is 32.7 Å². The molecular formula is C23H15BrN2O4. The van der Waals surface area contributed by atoms with Gasteiger partial charge in [-0.05, 0) is 70.0 Å². The normalized spacial score (nSPS) is 10.7. The summed E-state index contributed by atoms with van der Waals surface area (Å²) >= 11 is 3.36. The molecule has 0 radical (unpaired) electrons. The molecule has 0 spiro atoms. The van der Waals surface area contributed by atoms with Crippen LogP contribution in [0.4, 0.5) is 0 Å². The molecule has 30 heavy (non-hydrogen) atoms. The van der Waals surface area contributed by atoms with Crippen molar-refractivity contribution in [1.29, 1.82) is 5.26 Å². The molecule has 6 nitrogen and oxygen atoms in total. The monoisotopic (exact) mass is 462 g/mol. The summed E-state index contributed by atoms with van der Waals surface area (Å²) in [4.78, 5) is 23.8. The Labute approximate surface area is 181 Å². The van der Waals surface area contributed by atoms with E-state index in [1.54, 1.807) is 72.8 Å². The molecule has 0 aliphatic carbocycles. The number of carboxylic acids is 1. The lowest BCUT2D eigenvalue weighted by atomic mass is 10.1. The molecule has 0 aliphatic heterocycles. The topological polar surface area (TPSA) is 99.4 Å². The van der Waals surface area contributed by atoms with Crippen LogP contribution in [0.5, 0.6) is 11.5 Å². The number of benzene rings is 3. The highest BCUT2D eigenvalue weighted by atomic mass is 79.9. The molecule has 1 amide bonds. The number of ether oxygens (including phenoxy) is 1. The second kappa shape index (κ2) is 9.54. The van der Waals surface area contributed by atoms with Gasteiger partial charge in [-0.2, -0.15) is 5.26 Å². The van der Waals surface area contributed by atoms with Crippen LogP contribution in [0.1, 0.15) is 21.5 Å². The zero-order chi connectivity index (χ0) is 21.5. The number of amides is 1. The lowest BCUT2D eigenvalue weighted by Crippen LogP contribution is -2.27. The fraction of sp³-hybridized carbons (Fsp3) is 0. The number of carboxylic acid groups (broad SMARTS) is 1. The number of hydrogen-bond acceptors (Lipinski definition) is 4. The van der Waals surface area contributed by atoms with Gasteiger partial charge in [-0.3, -0.25) is 4.79 Å². The van der Waals surface area contributed by atoms with Crippen LogP contribution in [0.15, 0.2) is 83.0 Å². The van der Waals surface area contributed by atoms with E-state index in [9.17, 15) is 14.7 Å². The van der Waals surface area contributed by atoms with E-state index in [0.717, 1.165) is 0 Å². The number of nitriles is 1. The average Bonchev–Trinajstić information content (AvgIpc) is 2.76. The van der Waals surface area contributed by atoms with Crippen molar-refractivity contribution in [3.63, 3.8) is 0 Å². The summed E-state index contributed by atoms with van der Waals surface area (Å²) in [5, 5.41) is 20.7. The predicted octanol–water partition coefficient (Wildman–Crippen LogP) is 4.97. The van der Waals surface area contributed by atoms with Crippen molar-refractivity contribution in [2.45, 2.75) is 0 Å². The maximum absolute atomic E-state index is 12.2. The lowest BCUT2D eigenvalue weighted by Gasteiger charge is -2.09. The van der Waals surface area contributed by atoms with Crippen molar-refractivity contribution >= 4 is 33.9 Å². The SMILES string of the molecule is N#Cc1ccc(Oc2ccc(C=C(NC(=O)c3ccccc3)C(=O)O)cc2)c(Br)c1. The highest BCUT2D eigenvalue weighted by Gasteiger charge is 2.13. The van der Waals surface area contributed by atoms with Gasteiger partial charge in [-0.1, -0.05) is 30.3 Å². The molecule has 3 rings (SSSR count). The third kappa shape index (κ3) is 5.34. The summed E-state index contributed by atoms with van der Waals surface area (Å²) < 4.78 is 6.42. The van der Waals surface area contributed by atoms with Crippen LogP contribution < -0.4 is 10.1 Å². The van der Waals surface area contributed by atoms with Crippen molar-refractivity contribution < 1.29 is 19.4 Å². The molecule has 0 aliphatic rings. The summed E-state index contributed by atoms with van der Waals surface area (Å²) in [6.45, 7) is 0. The van der Waals surface area contributed by atoms with Gasteiger partial charge < -0.3 is 15.2 Å². The van der Waals surface area contributed by atoms with Gasteiger partial charge in [0.05, 0.1) is 16.1 Å². The van der Waals surface area contributed by atoms with Crippen molar-refractivity contribution in [1.82, 2.24) is 5.32 Å². The van der Waals surface area contributed by atoms with E-state index < -0.39 is 11.9 Å². The Balaban J connectivity index is 1.75. The van der Waals surface area contributed by atoms with E-state index in [1.165, 1.54) is 6.08 Å². The van der Waals surface area contributed by atoms with Gasteiger partial charge in [0.25, 0.3) is 5.91 Å². The summed E-state index contributed by atoms with van der Waals surface area (Å²) in [5.41, 5.74) is 1.20. The molecule has 0 atom stereocenters. The van der Waals surface area contributed by atoms with E-state index >= 15 is 0 Å². The molecule has 0 bridgehead atoms. The minimum atomic E-state index is -1.25. The number of carbonyl (C=O) groups excluding carboxylic acids is 1. The van der Waals surface area contributed by atoms with Crippen LogP contribution >= 0.6 is 15.9 Å². The summed E-state index contributed by atoms with van der Waals surface area (Å²) in [6, 6.07) is 22.1. The van der Waals surface area contributed by atoms with Crippen molar-refractivity contribution in [2.24, 2.45) is 0 Å². The number of carbonyl (C=O) groups is 2. The van der Waals surface area contributed by atoms with E-state index in [-0.39, 0.29) is 5.70 Å². The Hall–Kier alpha value is -3.89. The van der Waals surface area contributed by atoms with Gasteiger partial charge in [-0.25, -0.2) is 4.79 Å². The van der Waals surface area contributed by atoms with Crippen molar-refractivity contribution in [3.8, 4) is 17.6 Å². The Morgan fingerprint density at radius 3 is 2.33 bits per heavy atom. The van der Waals surface area contributed by atoms with E-state index in [2.05, 4.69) is 21.2 Å². The number of hydrogen-bond donors (Lipinski definition) is 2. The maximum atomic E-state index is 12.2. The third-order valence-electron chi connectivity index (χ3n) is 3.99. The molecule has 3 aromatic rings. The van der Waals surface area contributed by atoms with Crippen LogP contribution in [0.3, 0.4) is 0 Å². The zero-order valence-corrected chi connectivity index (χ0v) is 17.1. The average molecular weight is 463 g/mol. The van der Waals surface area contributed by atoms with E-state index in [4.69, 9.17) is 10.00 Å². The summed E-state index contributed by atoms with van der Waals surface area (Å²) in [6.07, 6.45) is 1.37. The molecule has 2 N–H and O–H groups in total. The highest BCUT2D eigenvalue weighted by Crippen LogP contribution is 2.30. The molecule has 0 aromatic heterocycles. The number of rotatable bonds is 6.